The predicted octanol–water partition coefficient (Wildman–Crippen LogP) is 5.32. The maximum Gasteiger partial charge on any atom is 0.232 e. The highest BCUT2D eigenvalue weighted by Crippen LogP contribution is 2.41. The van der Waals surface area contributed by atoms with Gasteiger partial charge in [0.15, 0.2) is 0 Å². The van der Waals surface area contributed by atoms with Gasteiger partial charge in [0.1, 0.15) is 0 Å². The van der Waals surface area contributed by atoms with E-state index in [1.807, 2.05) is 0 Å². The molecule has 0 radical (unpaired) electrons. The third-order valence-corrected chi connectivity index (χ3v) is 5.69. The molecule has 2 aromatic carbocycles. The molecule has 0 heterocycles. The van der Waals surface area contributed by atoms with Gasteiger partial charge in [-0.3, -0.25) is 0 Å². The van der Waals surface area contributed by atoms with Crippen molar-refractivity contribution < 1.29 is 9.79 Å². The van der Waals surface area contributed by atoms with Crippen LogP contribution < -0.4 is 0 Å². The Bertz CT molecular complexity index is 480. The zero-order chi connectivity index (χ0) is 15.6. The maximum absolute atomic E-state index is 8.88. The van der Waals surface area contributed by atoms with E-state index in [-0.39, 0.29) is 0 Å². The molecule has 0 bridgehead atoms. The molecule has 0 spiro atoms. The molecule has 0 aliphatic rings. The lowest BCUT2D eigenvalue weighted by Gasteiger charge is -2.18. The van der Waals surface area contributed by atoms with Gasteiger partial charge in [0.2, 0.25) is 7.58 Å². The maximum atomic E-state index is 8.88. The second kappa shape index (κ2) is 10.0. The van der Waals surface area contributed by atoms with Crippen LogP contribution in [-0.4, -0.2) is 15.5 Å². The van der Waals surface area contributed by atoms with Crippen molar-refractivity contribution in [3.05, 3.63) is 71.8 Å². The molecule has 0 amide bonds. The van der Waals surface area contributed by atoms with Crippen molar-refractivity contribution in [1.82, 2.24) is 0 Å². The van der Waals surface area contributed by atoms with Crippen LogP contribution in [0, 0.1) is 0 Å². The minimum absolute atomic E-state index is 0.447. The lowest BCUT2D eigenvalue weighted by Crippen LogP contribution is -2.01. The molecule has 0 aliphatic heterocycles. The van der Waals surface area contributed by atoms with Crippen molar-refractivity contribution in [2.45, 2.75) is 31.6 Å². The fourth-order valence-electron chi connectivity index (χ4n) is 2.67. The predicted molar refractivity (Wildman–Crippen MR) is 97.0 cm³/mol. The molecule has 0 atom stereocenters. The van der Waals surface area contributed by atoms with Gasteiger partial charge in [-0.1, -0.05) is 84.9 Å². The lowest BCUT2D eigenvalue weighted by atomic mass is 9.87. The molecule has 0 saturated heterocycles. The van der Waals surface area contributed by atoms with Gasteiger partial charge in [-0.25, -0.2) is 0 Å². The van der Waals surface area contributed by atoms with Crippen LogP contribution in [0.1, 0.15) is 42.7 Å². The van der Waals surface area contributed by atoms with Gasteiger partial charge in [-0.15, -0.1) is 0 Å². The summed E-state index contributed by atoms with van der Waals surface area (Å²) in [6.45, 7) is 0. The molecule has 2 nitrogen and oxygen atoms in total. The standard InChI is InChI=1S/C18H23O2PS/c19-21(20)22-15-9-3-8-14-18(16-10-4-1-5-11-16)17-12-6-2-7-13-17/h1-2,4-7,10-13,18-20H,3,8-9,14-15H2. The van der Waals surface area contributed by atoms with Crippen molar-refractivity contribution in [2.24, 2.45) is 0 Å². The molecule has 2 N–H and O–H groups in total. The first-order valence-electron chi connectivity index (χ1n) is 7.68. The third-order valence-electron chi connectivity index (χ3n) is 3.75. The number of benzene rings is 2. The first-order valence-corrected chi connectivity index (χ1v) is 10.5. The molecule has 0 aromatic heterocycles. The largest absolute Gasteiger partial charge is 0.342 e. The molecule has 2 aromatic rings. The lowest BCUT2D eigenvalue weighted by molar-refractivity contribution is 0.505. The second-order valence-corrected chi connectivity index (χ2v) is 8.24. The first-order chi connectivity index (χ1) is 10.8. The van der Waals surface area contributed by atoms with Crippen molar-refractivity contribution in [3.63, 3.8) is 0 Å². The fraction of sp³-hybridized carbons (Fsp3) is 0.333. The zero-order valence-corrected chi connectivity index (χ0v) is 14.3. The molecular weight excluding hydrogens is 311 g/mol. The van der Waals surface area contributed by atoms with Crippen LogP contribution in [-0.2, 0) is 0 Å². The summed E-state index contributed by atoms with van der Waals surface area (Å²) in [5.74, 6) is 1.28. The van der Waals surface area contributed by atoms with Gasteiger partial charge in [0, 0.05) is 11.7 Å². The number of unbranched alkanes of at least 4 members (excludes halogenated alkanes) is 2. The highest BCUT2D eigenvalue weighted by molar-refractivity contribution is 8.52. The van der Waals surface area contributed by atoms with Crippen molar-refractivity contribution >= 4 is 19.0 Å². The Morgan fingerprint density at radius 2 is 1.32 bits per heavy atom. The topological polar surface area (TPSA) is 40.5 Å². The van der Waals surface area contributed by atoms with E-state index in [0.717, 1.165) is 31.4 Å². The summed E-state index contributed by atoms with van der Waals surface area (Å²) in [6, 6.07) is 21.4. The monoisotopic (exact) mass is 334 g/mol. The Morgan fingerprint density at radius 1 is 0.773 bits per heavy atom. The third kappa shape index (κ3) is 6.10. The van der Waals surface area contributed by atoms with Crippen LogP contribution in [0.15, 0.2) is 60.7 Å². The van der Waals surface area contributed by atoms with Crippen LogP contribution in [0.25, 0.3) is 0 Å². The first kappa shape index (κ1) is 17.5. The molecule has 4 heteroatoms. The quantitative estimate of drug-likeness (QED) is 0.481. The van der Waals surface area contributed by atoms with Crippen LogP contribution in [0.3, 0.4) is 0 Å². The molecule has 0 saturated carbocycles. The van der Waals surface area contributed by atoms with E-state index in [1.54, 1.807) is 0 Å². The van der Waals surface area contributed by atoms with E-state index < -0.39 is 7.58 Å². The summed E-state index contributed by atoms with van der Waals surface area (Å²) in [5, 5.41) is 0. The van der Waals surface area contributed by atoms with E-state index in [0.29, 0.717) is 5.92 Å². The van der Waals surface area contributed by atoms with Crippen LogP contribution >= 0.6 is 19.0 Å². The highest BCUT2D eigenvalue weighted by atomic mass is 32.7. The van der Waals surface area contributed by atoms with Gasteiger partial charge in [-0.2, -0.15) is 0 Å². The Kier molecular flexibility index (Phi) is 7.96. The van der Waals surface area contributed by atoms with Crippen LogP contribution in [0.2, 0.25) is 0 Å². The molecule has 118 valence electrons. The Balaban J connectivity index is 1.89. The zero-order valence-electron chi connectivity index (χ0n) is 12.6. The van der Waals surface area contributed by atoms with Gasteiger partial charge >= 0.3 is 0 Å². The summed E-state index contributed by atoms with van der Waals surface area (Å²) < 4.78 is 0. The molecule has 0 unspecified atom stereocenters. The second-order valence-electron chi connectivity index (χ2n) is 5.31. The fourth-order valence-corrected chi connectivity index (χ4v) is 4.04. The highest BCUT2D eigenvalue weighted by Gasteiger charge is 2.13. The smallest absolute Gasteiger partial charge is 0.232 e. The molecular formula is C18H23O2PS. The number of rotatable bonds is 9. The molecule has 0 fully saturated rings. The summed E-state index contributed by atoms with van der Waals surface area (Å²) in [6.07, 6.45) is 4.46. The van der Waals surface area contributed by atoms with E-state index in [1.165, 1.54) is 22.5 Å². The Hall–Kier alpha value is -0.860. The van der Waals surface area contributed by atoms with Crippen molar-refractivity contribution in [2.75, 3.05) is 5.75 Å². The van der Waals surface area contributed by atoms with E-state index in [2.05, 4.69) is 60.7 Å². The van der Waals surface area contributed by atoms with Gasteiger partial charge < -0.3 is 9.79 Å². The average Bonchev–Trinajstić information content (AvgIpc) is 2.55. The number of hydrogen-bond donors (Lipinski definition) is 2. The van der Waals surface area contributed by atoms with E-state index in [4.69, 9.17) is 9.79 Å². The minimum atomic E-state index is -1.79. The number of hydrogen-bond acceptors (Lipinski definition) is 3. The molecule has 22 heavy (non-hydrogen) atoms. The van der Waals surface area contributed by atoms with Crippen LogP contribution in [0.5, 0.6) is 0 Å². The molecule has 0 aliphatic carbocycles. The van der Waals surface area contributed by atoms with E-state index in [9.17, 15) is 0 Å². The van der Waals surface area contributed by atoms with Crippen molar-refractivity contribution in [3.8, 4) is 0 Å². The summed E-state index contributed by atoms with van der Waals surface area (Å²) in [5.41, 5.74) is 2.75. The average molecular weight is 334 g/mol. The Labute approximate surface area is 138 Å². The summed E-state index contributed by atoms with van der Waals surface area (Å²) in [7, 11) is -1.79. The van der Waals surface area contributed by atoms with Crippen LogP contribution in [0.4, 0.5) is 0 Å². The van der Waals surface area contributed by atoms with Crippen molar-refractivity contribution in [1.29, 1.82) is 0 Å². The van der Waals surface area contributed by atoms with Gasteiger partial charge in [0.25, 0.3) is 0 Å². The van der Waals surface area contributed by atoms with Gasteiger partial charge in [-0.05, 0) is 24.0 Å². The van der Waals surface area contributed by atoms with Gasteiger partial charge in [0.05, 0.1) is 0 Å². The minimum Gasteiger partial charge on any atom is -0.342 e. The SMILES string of the molecule is OP(O)SCCCCCC(c1ccccc1)c1ccccc1. The van der Waals surface area contributed by atoms with E-state index >= 15 is 0 Å². The normalized spacial score (nSPS) is 11.3. The summed E-state index contributed by atoms with van der Waals surface area (Å²) >= 11 is 1.26. The summed E-state index contributed by atoms with van der Waals surface area (Å²) in [4.78, 5) is 17.8. The molecule has 2 rings (SSSR count). The Morgan fingerprint density at radius 3 is 1.82 bits per heavy atom.